The molecule has 0 unspecified atom stereocenters. The Kier molecular flexibility index (Phi) is 8.26. The molecule has 2 amide bonds. The van der Waals surface area contributed by atoms with Crippen LogP contribution in [0.25, 0.3) is 0 Å². The zero-order valence-corrected chi connectivity index (χ0v) is 21.6. The minimum absolute atomic E-state index is 0.0456. The van der Waals surface area contributed by atoms with E-state index in [0.717, 1.165) is 21.7 Å². The topological polar surface area (TPSA) is 105 Å². The number of rotatable bonds is 10. The lowest BCUT2D eigenvalue weighted by Crippen LogP contribution is -2.51. The Balaban J connectivity index is 1.88. The summed E-state index contributed by atoms with van der Waals surface area (Å²) in [5.41, 5.74) is 2.18. The summed E-state index contributed by atoms with van der Waals surface area (Å²) < 4.78 is 37.0. The first-order valence-corrected chi connectivity index (χ1v) is 13.3. The molecule has 0 aliphatic carbocycles. The van der Waals surface area contributed by atoms with Crippen LogP contribution in [0.2, 0.25) is 0 Å². The summed E-state index contributed by atoms with van der Waals surface area (Å²) in [7, 11) is -3.82. The predicted molar refractivity (Wildman–Crippen MR) is 134 cm³/mol. The maximum atomic E-state index is 13.5. The van der Waals surface area contributed by atoms with Gasteiger partial charge in [0.05, 0.1) is 11.9 Å². The number of benzene rings is 2. The maximum Gasteiger partial charge on any atom is 0.244 e. The van der Waals surface area contributed by atoms with Crippen molar-refractivity contribution in [2.45, 2.75) is 40.3 Å². The van der Waals surface area contributed by atoms with E-state index < -0.39 is 28.5 Å². The summed E-state index contributed by atoms with van der Waals surface area (Å²) in [6, 6.07) is 11.5. The van der Waals surface area contributed by atoms with Crippen molar-refractivity contribution in [3.63, 3.8) is 0 Å². The summed E-state index contributed by atoms with van der Waals surface area (Å²) in [5.74, 6) is 0.361. The van der Waals surface area contributed by atoms with Crippen LogP contribution in [0.4, 0.5) is 5.69 Å². The van der Waals surface area contributed by atoms with Gasteiger partial charge < -0.3 is 19.7 Å². The monoisotopic (exact) mass is 503 g/mol. The van der Waals surface area contributed by atoms with Gasteiger partial charge >= 0.3 is 0 Å². The predicted octanol–water partition coefficient (Wildman–Crippen LogP) is 2.68. The van der Waals surface area contributed by atoms with Gasteiger partial charge in [-0.05, 0) is 37.5 Å². The summed E-state index contributed by atoms with van der Waals surface area (Å²) in [6.45, 7) is 7.79. The van der Waals surface area contributed by atoms with Crippen LogP contribution in [0.5, 0.6) is 11.5 Å². The number of nitrogens with one attached hydrogen (secondary N) is 1. The molecule has 1 heterocycles. The molecule has 9 nitrogen and oxygen atoms in total. The van der Waals surface area contributed by atoms with Gasteiger partial charge in [-0.2, -0.15) is 0 Å². The van der Waals surface area contributed by atoms with E-state index in [2.05, 4.69) is 5.32 Å². The number of hydrogen-bond acceptors (Lipinski definition) is 6. The molecule has 0 spiro atoms. The second kappa shape index (κ2) is 11.0. The molecule has 190 valence electrons. The quantitative estimate of drug-likeness (QED) is 0.535. The molecular weight excluding hydrogens is 470 g/mol. The van der Waals surface area contributed by atoms with Gasteiger partial charge in [0, 0.05) is 19.2 Å². The maximum absolute atomic E-state index is 13.5. The zero-order valence-electron chi connectivity index (χ0n) is 20.8. The molecule has 0 fully saturated rings. The van der Waals surface area contributed by atoms with Gasteiger partial charge in [-0.1, -0.05) is 43.7 Å². The first-order valence-electron chi connectivity index (χ1n) is 11.5. The van der Waals surface area contributed by atoms with Crippen molar-refractivity contribution in [2.24, 2.45) is 5.92 Å². The number of aryl methyl sites for hydroxylation is 1. The minimum Gasteiger partial charge on any atom is -0.454 e. The van der Waals surface area contributed by atoms with Gasteiger partial charge in [0.15, 0.2) is 11.5 Å². The molecule has 2 aromatic carbocycles. The van der Waals surface area contributed by atoms with Crippen molar-refractivity contribution in [2.75, 3.05) is 30.4 Å². The van der Waals surface area contributed by atoms with E-state index in [4.69, 9.17) is 9.47 Å². The van der Waals surface area contributed by atoms with Crippen LogP contribution in [0.1, 0.15) is 31.9 Å². The highest BCUT2D eigenvalue weighted by atomic mass is 32.2. The van der Waals surface area contributed by atoms with E-state index in [1.54, 1.807) is 19.1 Å². The van der Waals surface area contributed by atoms with Crippen molar-refractivity contribution in [1.29, 1.82) is 0 Å². The van der Waals surface area contributed by atoms with Gasteiger partial charge in [0.1, 0.15) is 12.6 Å². The fourth-order valence-electron chi connectivity index (χ4n) is 3.58. The Labute approximate surface area is 207 Å². The van der Waals surface area contributed by atoms with Gasteiger partial charge in [-0.15, -0.1) is 0 Å². The highest BCUT2D eigenvalue weighted by molar-refractivity contribution is 7.92. The first-order chi connectivity index (χ1) is 16.5. The third kappa shape index (κ3) is 6.88. The molecule has 0 aromatic heterocycles. The fourth-order valence-corrected chi connectivity index (χ4v) is 4.42. The Hall–Kier alpha value is -3.27. The summed E-state index contributed by atoms with van der Waals surface area (Å²) in [5, 5.41) is 2.86. The number of carbonyl (C=O) groups excluding carboxylic acids is 2. The molecule has 0 radical (unpaired) electrons. The van der Waals surface area contributed by atoms with Crippen LogP contribution in [0.3, 0.4) is 0 Å². The van der Waals surface area contributed by atoms with Crippen LogP contribution in [-0.2, 0) is 26.2 Å². The first kappa shape index (κ1) is 26.3. The number of fused-ring (bicyclic) bond motifs is 1. The van der Waals surface area contributed by atoms with Crippen molar-refractivity contribution in [3.8, 4) is 11.5 Å². The lowest BCUT2D eigenvalue weighted by molar-refractivity contribution is -0.139. The molecule has 3 rings (SSSR count). The van der Waals surface area contributed by atoms with Crippen molar-refractivity contribution in [1.82, 2.24) is 10.2 Å². The molecule has 10 heteroatoms. The lowest BCUT2D eigenvalue weighted by atomic mass is 10.1. The molecule has 0 bridgehead atoms. The summed E-state index contributed by atoms with van der Waals surface area (Å²) in [4.78, 5) is 27.8. The van der Waals surface area contributed by atoms with Gasteiger partial charge in [0.25, 0.3) is 0 Å². The summed E-state index contributed by atoms with van der Waals surface area (Å²) in [6.07, 6.45) is 1.04. The Bertz CT molecular complexity index is 1160. The van der Waals surface area contributed by atoms with E-state index in [9.17, 15) is 18.0 Å². The van der Waals surface area contributed by atoms with E-state index >= 15 is 0 Å². The molecule has 0 saturated heterocycles. The molecular formula is C25H33N3O6S. The smallest absolute Gasteiger partial charge is 0.244 e. The minimum atomic E-state index is -3.82. The van der Waals surface area contributed by atoms with Crippen LogP contribution in [0, 0.1) is 12.8 Å². The molecule has 2 aromatic rings. The number of anilines is 1. The van der Waals surface area contributed by atoms with E-state index in [-0.39, 0.29) is 30.9 Å². The number of sulfonamides is 1. The van der Waals surface area contributed by atoms with E-state index in [0.29, 0.717) is 18.0 Å². The third-order valence-corrected chi connectivity index (χ3v) is 6.79. The lowest BCUT2D eigenvalue weighted by Gasteiger charge is -2.31. The van der Waals surface area contributed by atoms with Crippen molar-refractivity contribution < 1.29 is 27.5 Å². The molecule has 35 heavy (non-hydrogen) atoms. The van der Waals surface area contributed by atoms with E-state index in [1.807, 2.05) is 45.0 Å². The number of ether oxygens (including phenoxy) is 2. The zero-order chi connectivity index (χ0) is 25.8. The standard InChI is InChI=1S/C25H33N3O6S/c1-17(2)13-26-25(30)19(4)27(14-20-8-6-18(3)7-9-20)24(29)15-28(35(5,31)32)21-10-11-22-23(12-21)34-16-33-22/h6-12,17,19H,13-16H2,1-5H3,(H,26,30)/t19-/m1/s1. The highest BCUT2D eigenvalue weighted by Crippen LogP contribution is 2.36. The average Bonchev–Trinajstić information content (AvgIpc) is 3.27. The Morgan fingerprint density at radius 3 is 2.31 bits per heavy atom. The molecule has 1 N–H and O–H groups in total. The Morgan fingerprint density at radius 1 is 1.03 bits per heavy atom. The second-order valence-corrected chi connectivity index (χ2v) is 11.0. The Morgan fingerprint density at radius 2 is 1.69 bits per heavy atom. The number of amides is 2. The molecule has 1 aliphatic heterocycles. The van der Waals surface area contributed by atoms with Crippen molar-refractivity contribution in [3.05, 3.63) is 53.6 Å². The van der Waals surface area contributed by atoms with Crippen LogP contribution < -0.4 is 19.1 Å². The number of hydrogen-bond donors (Lipinski definition) is 1. The molecule has 1 aliphatic rings. The normalized spacial score (nSPS) is 13.4. The largest absolute Gasteiger partial charge is 0.454 e. The van der Waals surface area contributed by atoms with Gasteiger partial charge in [-0.25, -0.2) is 8.42 Å². The van der Waals surface area contributed by atoms with Crippen LogP contribution >= 0.6 is 0 Å². The summed E-state index contributed by atoms with van der Waals surface area (Å²) >= 11 is 0. The van der Waals surface area contributed by atoms with Gasteiger partial charge in [-0.3, -0.25) is 13.9 Å². The third-order valence-electron chi connectivity index (χ3n) is 5.65. The SMILES string of the molecule is Cc1ccc(CN(C(=O)CN(c2ccc3c(c2)OCO3)S(C)(=O)=O)[C@H](C)C(=O)NCC(C)C)cc1. The number of carbonyl (C=O) groups is 2. The molecule has 0 saturated carbocycles. The van der Waals surface area contributed by atoms with Crippen LogP contribution in [-0.4, -0.2) is 57.3 Å². The van der Waals surface area contributed by atoms with Crippen molar-refractivity contribution >= 4 is 27.5 Å². The fraction of sp³-hybridized carbons (Fsp3) is 0.440. The number of nitrogens with zero attached hydrogens (tertiary/aromatic N) is 2. The van der Waals surface area contributed by atoms with E-state index in [1.165, 1.54) is 11.0 Å². The van der Waals surface area contributed by atoms with Gasteiger partial charge in [0.2, 0.25) is 28.6 Å². The highest BCUT2D eigenvalue weighted by Gasteiger charge is 2.30. The van der Waals surface area contributed by atoms with Crippen LogP contribution in [0.15, 0.2) is 42.5 Å². The second-order valence-electron chi connectivity index (χ2n) is 9.13. The molecule has 1 atom stereocenters. The average molecular weight is 504 g/mol.